The van der Waals surface area contributed by atoms with Gasteiger partial charge in [-0.3, -0.25) is 9.89 Å². The summed E-state index contributed by atoms with van der Waals surface area (Å²) in [5, 5.41) is 9.44. The Morgan fingerprint density at radius 3 is 2.74 bits per heavy atom. The Morgan fingerprint density at radius 1 is 1.44 bits per heavy atom. The number of aliphatic hydroxyl groups is 1. The maximum atomic E-state index is 12.6. The van der Waals surface area contributed by atoms with Crippen molar-refractivity contribution in [3.8, 4) is 0 Å². The monoisotopic (exact) mass is 397 g/mol. The zero-order valence-corrected chi connectivity index (χ0v) is 18.4. The number of aliphatic imine (C=N–C) groups is 1. The van der Waals surface area contributed by atoms with Crippen LogP contribution in [0.2, 0.25) is 18.1 Å². The Hall–Kier alpha value is -1.38. The van der Waals surface area contributed by atoms with Crippen LogP contribution in [0.1, 0.15) is 27.2 Å². The van der Waals surface area contributed by atoms with Crippen LogP contribution in [0, 0.1) is 0 Å². The largest absolute Gasteiger partial charge is 0.445 e. The summed E-state index contributed by atoms with van der Waals surface area (Å²) in [5.74, 6) is 0.862. The standard InChI is InChI=1S/C19H35N3O4Si/c1-7-12-25-18(24)22-14-15(26-27(5,6)19(2,3)4)13-16(22)17-20-8-9-21(17)10-11-23/h7,15-16,23H,1,8-14H2,2-6H3. The van der Waals surface area contributed by atoms with E-state index in [1.165, 1.54) is 0 Å². The maximum absolute atomic E-state index is 12.6. The Bertz CT molecular complexity index is 574. The lowest BCUT2D eigenvalue weighted by molar-refractivity contribution is 0.108. The normalized spacial score (nSPS) is 23.6. The lowest BCUT2D eigenvalue weighted by Crippen LogP contribution is -2.47. The number of ether oxygens (including phenoxy) is 1. The molecule has 154 valence electrons. The van der Waals surface area contributed by atoms with Crippen LogP contribution in [0.25, 0.3) is 0 Å². The van der Waals surface area contributed by atoms with E-state index in [-0.39, 0.29) is 36.5 Å². The predicted molar refractivity (Wildman–Crippen MR) is 110 cm³/mol. The van der Waals surface area contributed by atoms with Gasteiger partial charge in [-0.25, -0.2) is 4.79 Å². The first-order valence-corrected chi connectivity index (χ1v) is 12.6. The fraction of sp³-hybridized carbons (Fsp3) is 0.789. The van der Waals surface area contributed by atoms with Crippen molar-refractivity contribution in [2.45, 2.75) is 57.5 Å². The van der Waals surface area contributed by atoms with Gasteiger partial charge in [0, 0.05) is 26.1 Å². The molecule has 2 aliphatic rings. The highest BCUT2D eigenvalue weighted by Crippen LogP contribution is 2.39. The molecule has 0 saturated carbocycles. The van der Waals surface area contributed by atoms with Gasteiger partial charge >= 0.3 is 6.09 Å². The van der Waals surface area contributed by atoms with Crippen LogP contribution < -0.4 is 0 Å². The number of hydrogen-bond acceptors (Lipinski definition) is 6. The molecule has 2 heterocycles. The molecule has 1 amide bonds. The van der Waals surface area contributed by atoms with Crippen molar-refractivity contribution in [1.29, 1.82) is 0 Å². The topological polar surface area (TPSA) is 74.6 Å². The van der Waals surface area contributed by atoms with Crippen LogP contribution in [0.4, 0.5) is 4.79 Å². The molecule has 1 N–H and O–H groups in total. The average molecular weight is 398 g/mol. The SMILES string of the molecule is C=CCOC(=O)N1CC(O[Si](C)(C)C(C)(C)C)CC1C1=NCCN1CCO. The molecule has 7 nitrogen and oxygen atoms in total. The number of carbonyl (C=O) groups excluding carboxylic acids is 1. The molecule has 0 aromatic carbocycles. The van der Waals surface area contributed by atoms with Gasteiger partial charge in [0.15, 0.2) is 8.32 Å². The van der Waals surface area contributed by atoms with Gasteiger partial charge in [0.05, 0.1) is 25.3 Å². The zero-order valence-electron chi connectivity index (χ0n) is 17.4. The van der Waals surface area contributed by atoms with Crippen molar-refractivity contribution in [1.82, 2.24) is 9.80 Å². The minimum absolute atomic E-state index is 0.0357. The number of amides is 1. The number of nitrogens with zero attached hydrogens (tertiary/aromatic N) is 3. The van der Waals surface area contributed by atoms with E-state index in [9.17, 15) is 9.90 Å². The van der Waals surface area contributed by atoms with E-state index in [1.807, 2.05) is 0 Å². The fourth-order valence-electron chi connectivity index (χ4n) is 3.30. The molecule has 0 aromatic heterocycles. The highest BCUT2D eigenvalue weighted by molar-refractivity contribution is 6.74. The van der Waals surface area contributed by atoms with E-state index in [2.05, 4.69) is 50.3 Å². The molecular formula is C19H35N3O4Si. The Morgan fingerprint density at radius 2 is 2.15 bits per heavy atom. The van der Waals surface area contributed by atoms with E-state index in [1.54, 1.807) is 11.0 Å². The summed E-state index contributed by atoms with van der Waals surface area (Å²) in [4.78, 5) is 21.1. The molecule has 0 bridgehead atoms. The molecule has 0 aliphatic carbocycles. The summed E-state index contributed by atoms with van der Waals surface area (Å²) in [6.07, 6.45) is 1.88. The predicted octanol–water partition coefficient (Wildman–Crippen LogP) is 2.48. The minimum Gasteiger partial charge on any atom is -0.445 e. The second kappa shape index (κ2) is 8.75. The summed E-state index contributed by atoms with van der Waals surface area (Å²) in [5.41, 5.74) is 0. The molecule has 2 atom stereocenters. The van der Waals surface area contributed by atoms with Crippen LogP contribution in [0.5, 0.6) is 0 Å². The highest BCUT2D eigenvalue weighted by atomic mass is 28.4. The minimum atomic E-state index is -1.95. The maximum Gasteiger partial charge on any atom is 0.410 e. The molecule has 1 saturated heterocycles. The Labute approximate surface area is 164 Å². The molecule has 27 heavy (non-hydrogen) atoms. The summed E-state index contributed by atoms with van der Waals surface area (Å²) < 4.78 is 11.9. The molecule has 2 unspecified atom stereocenters. The van der Waals surface area contributed by atoms with Crippen LogP contribution in [0.3, 0.4) is 0 Å². The summed E-state index contributed by atoms with van der Waals surface area (Å²) >= 11 is 0. The smallest absolute Gasteiger partial charge is 0.410 e. The zero-order chi connectivity index (χ0) is 20.2. The molecule has 0 spiro atoms. The number of amidine groups is 1. The molecular weight excluding hydrogens is 362 g/mol. The quantitative estimate of drug-likeness (QED) is 0.528. The summed E-state index contributed by atoms with van der Waals surface area (Å²) in [6.45, 7) is 17.4. The second-order valence-electron chi connectivity index (χ2n) is 8.72. The summed E-state index contributed by atoms with van der Waals surface area (Å²) in [6, 6.07) is -0.175. The molecule has 1 fully saturated rings. The molecule has 8 heteroatoms. The first kappa shape index (κ1) is 21.9. The number of β-amino-alcohol motifs (C(OH)–C–C–N with tert-alkyl or cyclic N) is 1. The fourth-order valence-corrected chi connectivity index (χ4v) is 4.66. The van der Waals surface area contributed by atoms with Gasteiger partial charge in [0.25, 0.3) is 0 Å². The van der Waals surface area contributed by atoms with Crippen LogP contribution in [-0.2, 0) is 9.16 Å². The molecule has 2 aliphatic heterocycles. The van der Waals surface area contributed by atoms with E-state index in [4.69, 9.17) is 9.16 Å². The van der Waals surface area contributed by atoms with Crippen LogP contribution >= 0.6 is 0 Å². The lowest BCUT2D eigenvalue weighted by Gasteiger charge is -2.38. The number of hydrogen-bond donors (Lipinski definition) is 1. The van der Waals surface area contributed by atoms with Crippen molar-refractivity contribution >= 4 is 20.2 Å². The van der Waals surface area contributed by atoms with Crippen molar-refractivity contribution in [2.75, 3.05) is 39.4 Å². The highest BCUT2D eigenvalue weighted by Gasteiger charge is 2.46. The van der Waals surface area contributed by atoms with E-state index in [0.29, 0.717) is 26.1 Å². The third kappa shape index (κ3) is 5.11. The van der Waals surface area contributed by atoms with Crippen LogP contribution in [0.15, 0.2) is 17.6 Å². The van der Waals surface area contributed by atoms with Crippen molar-refractivity contribution in [3.05, 3.63) is 12.7 Å². The number of aliphatic hydroxyl groups excluding tert-OH is 1. The lowest BCUT2D eigenvalue weighted by atomic mass is 10.1. The first-order valence-electron chi connectivity index (χ1n) is 9.73. The van der Waals surface area contributed by atoms with Gasteiger partial charge in [-0.2, -0.15) is 0 Å². The van der Waals surface area contributed by atoms with Gasteiger partial charge in [0.2, 0.25) is 0 Å². The third-order valence-electron chi connectivity index (χ3n) is 5.73. The summed E-state index contributed by atoms with van der Waals surface area (Å²) in [7, 11) is -1.95. The van der Waals surface area contributed by atoms with Gasteiger partial charge in [-0.1, -0.05) is 33.4 Å². The molecule has 2 rings (SSSR count). The van der Waals surface area contributed by atoms with E-state index < -0.39 is 8.32 Å². The van der Waals surface area contributed by atoms with Crippen molar-refractivity contribution in [2.24, 2.45) is 4.99 Å². The molecule has 0 radical (unpaired) electrons. The molecule has 0 aromatic rings. The van der Waals surface area contributed by atoms with Gasteiger partial charge in [-0.05, 0) is 18.1 Å². The van der Waals surface area contributed by atoms with E-state index >= 15 is 0 Å². The van der Waals surface area contributed by atoms with E-state index in [0.717, 1.165) is 12.4 Å². The first-order chi connectivity index (χ1) is 12.6. The van der Waals surface area contributed by atoms with Gasteiger partial charge < -0.3 is 19.2 Å². The van der Waals surface area contributed by atoms with Crippen LogP contribution in [-0.4, -0.2) is 86.7 Å². The van der Waals surface area contributed by atoms with Crippen molar-refractivity contribution in [3.63, 3.8) is 0 Å². The Balaban J connectivity index is 2.18. The third-order valence-corrected chi connectivity index (χ3v) is 10.3. The number of likely N-dealkylation sites (tertiary alicyclic amines) is 1. The van der Waals surface area contributed by atoms with Gasteiger partial charge in [-0.15, -0.1) is 0 Å². The number of carbonyl (C=O) groups is 1. The Kier molecular flexibility index (Phi) is 7.10. The van der Waals surface area contributed by atoms with Crippen molar-refractivity contribution < 1.29 is 19.1 Å². The van der Waals surface area contributed by atoms with Gasteiger partial charge in [0.1, 0.15) is 12.4 Å². The number of rotatable bonds is 7. The average Bonchev–Trinajstić information content (AvgIpc) is 3.18. The second-order valence-corrected chi connectivity index (χ2v) is 13.5.